The van der Waals surface area contributed by atoms with Crippen LogP contribution in [-0.2, 0) is 20.7 Å². The highest BCUT2D eigenvalue weighted by molar-refractivity contribution is 7.93. The topological polar surface area (TPSA) is 123 Å². The predicted octanol–water partition coefficient (Wildman–Crippen LogP) is 4.50. The number of carbonyl (C=O) groups is 2. The average Bonchev–Trinajstić information content (AvgIpc) is 2.78. The average molecular weight is 566 g/mol. The van der Waals surface area contributed by atoms with E-state index in [0.29, 0.717) is 19.3 Å². The van der Waals surface area contributed by atoms with Crippen LogP contribution in [0.2, 0.25) is 0 Å². The minimum Gasteiger partial charge on any atom is -0.436 e. The number of anilines is 1. The summed E-state index contributed by atoms with van der Waals surface area (Å²) >= 11 is 0. The van der Waals surface area contributed by atoms with Gasteiger partial charge in [-0.1, -0.05) is 6.07 Å². The van der Waals surface area contributed by atoms with Crippen molar-refractivity contribution in [2.24, 2.45) is 10.3 Å². The summed E-state index contributed by atoms with van der Waals surface area (Å²) in [4.78, 5) is 33.0. The lowest BCUT2D eigenvalue weighted by molar-refractivity contribution is -0.138. The summed E-state index contributed by atoms with van der Waals surface area (Å²) in [6.07, 6.45) is -2.99. The van der Waals surface area contributed by atoms with E-state index < -0.39 is 56.2 Å². The third-order valence-electron chi connectivity index (χ3n) is 5.97. The van der Waals surface area contributed by atoms with Crippen LogP contribution in [0.25, 0.3) is 0 Å². The first-order valence-electron chi connectivity index (χ1n) is 11.5. The largest absolute Gasteiger partial charge is 0.436 e. The van der Waals surface area contributed by atoms with Crippen molar-refractivity contribution < 1.29 is 36.1 Å². The van der Waals surface area contributed by atoms with E-state index in [-0.39, 0.29) is 27.9 Å². The van der Waals surface area contributed by atoms with Gasteiger partial charge in [0.1, 0.15) is 5.56 Å². The molecule has 2 aromatic heterocycles. The highest BCUT2D eigenvalue weighted by atomic mass is 32.2. The summed E-state index contributed by atoms with van der Waals surface area (Å²) < 4.78 is 76.9. The molecular weight excluding hydrogens is 542 g/mol. The molecule has 39 heavy (non-hydrogen) atoms. The number of nitrogens with zero attached hydrogens (tertiary/aromatic N) is 3. The molecule has 0 aliphatic carbocycles. The number of pyridine rings is 2. The number of carbonyl (C=O) groups excluding carboxylic acids is 2. The maximum Gasteiger partial charge on any atom is 0.418 e. The Bertz CT molecular complexity index is 1580. The van der Waals surface area contributed by atoms with Gasteiger partial charge in [0.2, 0.25) is 11.8 Å². The second-order valence-electron chi connectivity index (χ2n) is 8.86. The van der Waals surface area contributed by atoms with Gasteiger partial charge in [0.25, 0.3) is 11.8 Å². The lowest BCUT2D eigenvalue weighted by atomic mass is 10.0. The summed E-state index contributed by atoms with van der Waals surface area (Å²) in [5, 5.41) is 5.40. The van der Waals surface area contributed by atoms with Gasteiger partial charge in [-0.05, 0) is 49.7 Å². The molecule has 0 saturated carbocycles. The van der Waals surface area contributed by atoms with E-state index in [4.69, 9.17) is 4.74 Å². The molecule has 1 saturated heterocycles. The normalized spacial score (nSPS) is 15.2. The molecule has 3 heterocycles. The fraction of sp³-hybridized carbons (Fsp3) is 0.280. The molecule has 4 rings (SSSR count). The van der Waals surface area contributed by atoms with Gasteiger partial charge >= 0.3 is 6.18 Å². The number of ether oxygens (including phenoxy) is 1. The Kier molecular flexibility index (Phi) is 7.70. The van der Waals surface area contributed by atoms with E-state index >= 15 is 0 Å². The number of rotatable bonds is 6. The fourth-order valence-corrected chi connectivity index (χ4v) is 4.98. The van der Waals surface area contributed by atoms with Crippen LogP contribution < -0.4 is 15.4 Å². The van der Waals surface area contributed by atoms with Crippen molar-refractivity contribution in [3.63, 3.8) is 0 Å². The fourth-order valence-electron chi connectivity index (χ4n) is 3.71. The van der Waals surface area contributed by atoms with Gasteiger partial charge in [0.05, 0.1) is 26.9 Å². The van der Waals surface area contributed by atoms with Crippen molar-refractivity contribution >= 4 is 27.2 Å². The molecule has 0 radical (unpaired) electrons. The Morgan fingerprint density at radius 1 is 1.18 bits per heavy atom. The van der Waals surface area contributed by atoms with E-state index in [2.05, 4.69) is 25.0 Å². The van der Waals surface area contributed by atoms with Crippen molar-refractivity contribution in [2.75, 3.05) is 24.7 Å². The highest BCUT2D eigenvalue weighted by Gasteiger charge is 2.36. The summed E-state index contributed by atoms with van der Waals surface area (Å²) in [6.45, 7) is 3.39. The second kappa shape index (κ2) is 10.7. The maximum absolute atomic E-state index is 13.6. The molecule has 0 unspecified atom stereocenters. The molecule has 0 bridgehead atoms. The molecule has 1 aromatic carbocycles. The molecule has 9 nitrogen and oxygen atoms in total. The molecule has 1 aliphatic rings. The van der Waals surface area contributed by atoms with Crippen molar-refractivity contribution in [2.45, 2.75) is 24.9 Å². The van der Waals surface area contributed by atoms with Crippen LogP contribution in [0.15, 0.2) is 51.9 Å². The minimum atomic E-state index is -4.81. The van der Waals surface area contributed by atoms with E-state index in [1.54, 1.807) is 0 Å². The monoisotopic (exact) mass is 565 g/mol. The minimum absolute atomic E-state index is 0.0160. The molecule has 206 valence electrons. The Labute approximate surface area is 221 Å². The number of amides is 2. The van der Waals surface area contributed by atoms with Gasteiger partial charge in [-0.3, -0.25) is 9.59 Å². The van der Waals surface area contributed by atoms with E-state index in [0.717, 1.165) is 13.0 Å². The lowest BCUT2D eigenvalue weighted by Crippen LogP contribution is -2.46. The third kappa shape index (κ3) is 6.23. The van der Waals surface area contributed by atoms with E-state index in [1.807, 2.05) is 0 Å². The number of aryl methyl sites for hydroxylation is 1. The van der Waals surface area contributed by atoms with Crippen LogP contribution in [0.3, 0.4) is 0 Å². The Morgan fingerprint density at radius 3 is 2.51 bits per heavy atom. The van der Waals surface area contributed by atoms with Gasteiger partial charge in [0, 0.05) is 36.1 Å². The molecule has 1 aliphatic heterocycles. The van der Waals surface area contributed by atoms with Crippen LogP contribution >= 0.6 is 0 Å². The Morgan fingerprint density at radius 2 is 1.90 bits per heavy atom. The molecule has 1 fully saturated rings. The number of hydrogen-bond donors (Lipinski definition) is 2. The molecule has 3 aromatic rings. The second-order valence-corrected chi connectivity index (χ2v) is 11.1. The maximum atomic E-state index is 13.6. The summed E-state index contributed by atoms with van der Waals surface area (Å²) in [5.41, 5.74) is -1.96. The van der Waals surface area contributed by atoms with Crippen LogP contribution in [0, 0.1) is 25.7 Å². The van der Waals surface area contributed by atoms with Crippen molar-refractivity contribution in [1.82, 2.24) is 15.3 Å². The number of aromatic nitrogens is 2. The van der Waals surface area contributed by atoms with Crippen molar-refractivity contribution in [3.8, 4) is 11.6 Å². The first-order valence-corrected chi connectivity index (χ1v) is 13.4. The zero-order valence-corrected chi connectivity index (χ0v) is 21.7. The zero-order valence-electron chi connectivity index (χ0n) is 20.9. The third-order valence-corrected chi connectivity index (χ3v) is 7.63. The van der Waals surface area contributed by atoms with Crippen LogP contribution in [-0.4, -0.2) is 45.3 Å². The molecular formula is C25H23F4N5O4S. The van der Waals surface area contributed by atoms with Gasteiger partial charge < -0.3 is 15.4 Å². The van der Waals surface area contributed by atoms with E-state index in [1.165, 1.54) is 43.5 Å². The number of benzene rings is 1. The predicted molar refractivity (Wildman–Crippen MR) is 134 cm³/mol. The van der Waals surface area contributed by atoms with Crippen LogP contribution in [0.4, 0.5) is 23.2 Å². The highest BCUT2D eigenvalue weighted by Crippen LogP contribution is 2.37. The quantitative estimate of drug-likeness (QED) is 0.333. The summed E-state index contributed by atoms with van der Waals surface area (Å²) in [6, 6.07) is 7.87. The van der Waals surface area contributed by atoms with Gasteiger partial charge in [-0.2, -0.15) is 21.9 Å². The van der Waals surface area contributed by atoms with Gasteiger partial charge in [-0.25, -0.2) is 14.2 Å². The Hall–Kier alpha value is -3.91. The van der Waals surface area contributed by atoms with Crippen molar-refractivity contribution in [3.05, 3.63) is 70.9 Å². The van der Waals surface area contributed by atoms with Crippen LogP contribution in [0.5, 0.6) is 11.6 Å². The molecule has 1 atom stereocenters. The molecule has 2 amide bonds. The van der Waals surface area contributed by atoms with Crippen molar-refractivity contribution in [1.29, 1.82) is 0 Å². The number of halogens is 4. The van der Waals surface area contributed by atoms with E-state index in [9.17, 15) is 31.4 Å². The first kappa shape index (κ1) is 28.1. The lowest BCUT2D eigenvalue weighted by Gasteiger charge is -2.23. The molecule has 2 N–H and O–H groups in total. The van der Waals surface area contributed by atoms with Gasteiger partial charge in [0.15, 0.2) is 5.75 Å². The van der Waals surface area contributed by atoms with Gasteiger partial charge in [-0.15, -0.1) is 0 Å². The number of nitrogens with one attached hydrogen (secondary N) is 2. The number of alkyl halides is 3. The zero-order chi connectivity index (χ0) is 28.5. The Balaban J connectivity index is 1.70. The summed E-state index contributed by atoms with van der Waals surface area (Å²) in [5.74, 6) is -3.13. The SMILES string of the molecule is Cc1nc(F)ccc1Oc1ncc(C(F)(F)F)c(C)c1C(=O)Nc1cccc([S@@](C)(=O)=NC(=O)C2CNC2)c1. The van der Waals surface area contributed by atoms with Crippen LogP contribution in [0.1, 0.15) is 27.2 Å². The molecule has 0 spiro atoms. The first-order chi connectivity index (χ1) is 18.3. The summed E-state index contributed by atoms with van der Waals surface area (Å²) in [7, 11) is -3.17. The number of hydrogen-bond acceptors (Lipinski definition) is 7. The smallest absolute Gasteiger partial charge is 0.418 e. The standard InChI is InChI=1S/C25H23F4N5O4S/c1-13-18(25(27,28)29)12-31-24(38-19-7-8-20(26)32-14(19)2)21(13)23(36)33-16-5-4-6-17(9-16)39(3,37)34-22(35)15-10-30-11-15/h4-9,12,15,30H,10-11H2,1-3H3,(H,33,36)/t39-/m1/s1. The molecule has 14 heteroatoms.